The molecule has 0 unspecified atom stereocenters. The fourth-order valence-electron chi connectivity index (χ4n) is 9.12. The van der Waals surface area contributed by atoms with E-state index in [-0.39, 0.29) is 41.6 Å². The Morgan fingerprint density at radius 3 is 1.68 bits per heavy atom. The highest BCUT2D eigenvalue weighted by Gasteiger charge is 2.22. The number of fused-ring (bicyclic) bond motifs is 9. The van der Waals surface area contributed by atoms with Crippen molar-refractivity contribution in [2.45, 2.75) is 0 Å². The third kappa shape index (κ3) is 5.66. The Morgan fingerprint density at radius 2 is 0.968 bits per heavy atom. The lowest BCUT2D eigenvalue weighted by molar-refractivity contribution is 0.953. The molecule has 0 aliphatic heterocycles. The number of thiophene rings is 1. The molecular weight excluding hydrogens is 787 g/mol. The van der Waals surface area contributed by atoms with E-state index in [1.165, 1.54) is 17.4 Å². The lowest BCUT2D eigenvalue weighted by Crippen LogP contribution is -2.07. The summed E-state index contributed by atoms with van der Waals surface area (Å²) in [5, 5.41) is 4.77. The fourth-order valence-corrected chi connectivity index (χ4v) is 10.2. The maximum absolute atomic E-state index is 9.60. The van der Waals surface area contributed by atoms with E-state index in [2.05, 4.69) is 75.9 Å². The molecule has 13 rings (SSSR count). The zero-order valence-corrected chi connectivity index (χ0v) is 34.2. The first-order valence-corrected chi connectivity index (χ1v) is 21.5. The van der Waals surface area contributed by atoms with Crippen molar-refractivity contribution < 1.29 is 8.22 Å². The smallest absolute Gasteiger partial charge is 0.238 e. The zero-order valence-electron chi connectivity index (χ0n) is 39.4. The Bertz CT molecular complexity index is 4220. The van der Waals surface area contributed by atoms with Gasteiger partial charge in [-0.3, -0.25) is 4.57 Å². The highest BCUT2D eigenvalue weighted by atomic mass is 32.1. The number of benzene rings is 9. The van der Waals surface area contributed by atoms with Crippen LogP contribution >= 0.6 is 11.3 Å². The summed E-state index contributed by atoms with van der Waals surface area (Å²) in [4.78, 5) is 15.8. The first-order chi connectivity index (χ1) is 33.7. The molecule has 0 bridgehead atoms. The van der Waals surface area contributed by atoms with Crippen LogP contribution in [0.4, 0.5) is 0 Å². The van der Waals surface area contributed by atoms with Gasteiger partial charge >= 0.3 is 0 Å². The topological polar surface area (TPSA) is 48.5 Å². The maximum atomic E-state index is 9.60. The summed E-state index contributed by atoms with van der Waals surface area (Å²) < 4.78 is 59.5. The minimum atomic E-state index is -0.299. The lowest BCUT2D eigenvalue weighted by Gasteiger charge is -2.17. The van der Waals surface area contributed by atoms with Gasteiger partial charge in [-0.05, 0) is 47.5 Å². The van der Waals surface area contributed by atoms with Crippen LogP contribution in [0.1, 0.15) is 8.22 Å². The average Bonchev–Trinajstić information content (AvgIpc) is 4.07. The average molecular weight is 828 g/mol. The van der Waals surface area contributed by atoms with Crippen molar-refractivity contribution in [2.75, 3.05) is 0 Å². The number of aromatic nitrogens is 5. The van der Waals surface area contributed by atoms with Gasteiger partial charge < -0.3 is 4.57 Å². The molecule has 0 atom stereocenters. The van der Waals surface area contributed by atoms with Crippen molar-refractivity contribution >= 4 is 75.1 Å². The zero-order chi connectivity index (χ0) is 46.7. The first-order valence-electron chi connectivity index (χ1n) is 23.7. The number of para-hydroxylation sites is 3. The van der Waals surface area contributed by atoms with Gasteiger partial charge in [-0.25, -0.2) is 4.98 Å². The Labute approximate surface area is 374 Å². The van der Waals surface area contributed by atoms with E-state index in [0.29, 0.717) is 54.8 Å². The van der Waals surface area contributed by atoms with E-state index in [1.54, 1.807) is 0 Å². The molecule has 6 heteroatoms. The Morgan fingerprint density at radius 1 is 0.381 bits per heavy atom. The SMILES string of the molecule is [2H]c1cc([2H])c2sc3c(-c4ccc(-c5nc(-c6ccccc6)nc(-n6c7ccccc7c7ccc(-c8ccccc8)cc76)n5)cc4-n4c5ccccc5c5ccccc54)c([2H])c([2H])c([2H])c3c2c1[2H]. The molecule has 0 amide bonds. The number of nitrogens with zero attached hydrogens (tertiary/aromatic N) is 5. The molecule has 294 valence electrons. The summed E-state index contributed by atoms with van der Waals surface area (Å²) in [6, 6.07) is 57.8. The minimum Gasteiger partial charge on any atom is -0.309 e. The number of hydrogen-bond acceptors (Lipinski definition) is 4. The van der Waals surface area contributed by atoms with Crippen LogP contribution in [0.5, 0.6) is 0 Å². The quantitative estimate of drug-likeness (QED) is 0.168. The van der Waals surface area contributed by atoms with Crippen molar-refractivity contribution in [1.29, 1.82) is 0 Å². The van der Waals surface area contributed by atoms with Crippen molar-refractivity contribution in [3.05, 3.63) is 212 Å². The molecular formula is C57H35N5S. The van der Waals surface area contributed by atoms with E-state index in [9.17, 15) is 2.74 Å². The molecule has 5 nitrogen and oxygen atoms in total. The molecule has 9 aromatic carbocycles. The lowest BCUT2D eigenvalue weighted by atomic mass is 9.98. The fraction of sp³-hybridized carbons (Fsp3) is 0. The predicted molar refractivity (Wildman–Crippen MR) is 263 cm³/mol. The van der Waals surface area contributed by atoms with E-state index in [0.717, 1.165) is 60.3 Å². The van der Waals surface area contributed by atoms with Crippen LogP contribution in [0.3, 0.4) is 0 Å². The van der Waals surface area contributed by atoms with Crippen LogP contribution in [0, 0.1) is 0 Å². The Kier molecular flexibility index (Phi) is 6.75. The minimum absolute atomic E-state index is 0.0629. The Hall–Kier alpha value is -8.19. The van der Waals surface area contributed by atoms with Crippen molar-refractivity contribution in [3.63, 3.8) is 0 Å². The van der Waals surface area contributed by atoms with Gasteiger partial charge in [-0.2, -0.15) is 9.97 Å². The van der Waals surface area contributed by atoms with Crippen LogP contribution in [0.15, 0.2) is 212 Å². The third-order valence-electron chi connectivity index (χ3n) is 12.0. The van der Waals surface area contributed by atoms with Gasteiger partial charge in [-0.1, -0.05) is 176 Å². The van der Waals surface area contributed by atoms with Gasteiger partial charge in [0, 0.05) is 64.0 Å². The highest BCUT2D eigenvalue weighted by Crippen LogP contribution is 2.44. The normalized spacial score (nSPS) is 13.1. The van der Waals surface area contributed by atoms with Gasteiger partial charge in [0.1, 0.15) is 0 Å². The van der Waals surface area contributed by atoms with Crippen LogP contribution in [-0.4, -0.2) is 24.1 Å². The molecule has 0 spiro atoms. The molecule has 0 aliphatic carbocycles. The summed E-state index contributed by atoms with van der Waals surface area (Å²) in [6.07, 6.45) is 0. The molecule has 4 aromatic heterocycles. The monoisotopic (exact) mass is 827 g/mol. The number of rotatable bonds is 6. The molecule has 0 saturated heterocycles. The maximum Gasteiger partial charge on any atom is 0.238 e. The molecule has 0 aliphatic rings. The summed E-state index contributed by atoms with van der Waals surface area (Å²) in [6.45, 7) is 0. The number of hydrogen-bond donors (Lipinski definition) is 0. The first kappa shape index (κ1) is 29.9. The van der Waals surface area contributed by atoms with Gasteiger partial charge in [0.2, 0.25) is 5.95 Å². The molecule has 63 heavy (non-hydrogen) atoms. The van der Waals surface area contributed by atoms with E-state index in [1.807, 2.05) is 103 Å². The van der Waals surface area contributed by atoms with Crippen LogP contribution < -0.4 is 0 Å². The second-order valence-electron chi connectivity index (χ2n) is 15.5. The second kappa shape index (κ2) is 14.2. The molecule has 0 N–H and O–H groups in total. The van der Waals surface area contributed by atoms with Gasteiger partial charge in [-0.15, -0.1) is 11.3 Å². The molecule has 4 heterocycles. The Balaban J connectivity index is 1.13. The van der Waals surface area contributed by atoms with Crippen LogP contribution in [-0.2, 0) is 0 Å². The largest absolute Gasteiger partial charge is 0.309 e. The van der Waals surface area contributed by atoms with Crippen LogP contribution in [0.25, 0.3) is 120 Å². The standard InChI is InChI=1S/C57H35N5S/c1-3-16-36(17-4-1)38-30-32-43-42-22-9-13-28-50(42)62(52(43)34-38)57-59-55(37-18-5-2-6-19-37)58-56(60-57)39-31-33-44(46-24-15-25-47-45-23-10-14-29-53(45)63-54(46)47)51(35-39)61-48-26-11-7-20-40(48)41-21-8-12-27-49(41)61/h1-35H/i10D,15D,23D,24D,25D,29D. The van der Waals surface area contributed by atoms with E-state index in [4.69, 9.17) is 20.4 Å². The summed E-state index contributed by atoms with van der Waals surface area (Å²) in [5.74, 6) is 1.34. The highest BCUT2D eigenvalue weighted by molar-refractivity contribution is 7.26. The van der Waals surface area contributed by atoms with Gasteiger partial charge in [0.25, 0.3) is 0 Å². The van der Waals surface area contributed by atoms with Crippen molar-refractivity contribution in [1.82, 2.24) is 24.1 Å². The van der Waals surface area contributed by atoms with Gasteiger partial charge in [0.15, 0.2) is 11.6 Å². The molecule has 0 fully saturated rings. The predicted octanol–water partition coefficient (Wildman–Crippen LogP) is 15.1. The summed E-state index contributed by atoms with van der Waals surface area (Å²) in [7, 11) is 0. The van der Waals surface area contributed by atoms with Crippen LogP contribution in [0.2, 0.25) is 0 Å². The summed E-state index contributed by atoms with van der Waals surface area (Å²) >= 11 is 1.23. The summed E-state index contributed by atoms with van der Waals surface area (Å²) in [5.41, 5.74) is 9.06. The molecule has 0 saturated carbocycles. The van der Waals surface area contributed by atoms with Crippen molar-refractivity contribution in [3.8, 4) is 56.7 Å². The third-order valence-corrected chi connectivity index (χ3v) is 13.1. The molecule has 0 radical (unpaired) electrons. The van der Waals surface area contributed by atoms with Crippen molar-refractivity contribution in [2.24, 2.45) is 0 Å². The van der Waals surface area contributed by atoms with Gasteiger partial charge in [0.05, 0.1) is 36.0 Å². The van der Waals surface area contributed by atoms with E-state index >= 15 is 0 Å². The van der Waals surface area contributed by atoms with E-state index < -0.39 is 0 Å². The molecule has 13 aromatic rings. The second-order valence-corrected chi connectivity index (χ2v) is 16.5.